The Hall–Kier alpha value is -2.76. The average molecular weight is 315 g/mol. The molecule has 0 bridgehead atoms. The van der Waals surface area contributed by atoms with Crippen molar-refractivity contribution in [3.05, 3.63) is 47.4 Å². The molecule has 0 saturated carbocycles. The number of benzene rings is 1. The van der Waals surface area contributed by atoms with Crippen molar-refractivity contribution in [3.8, 4) is 5.75 Å². The molecule has 1 amide bonds. The lowest BCUT2D eigenvalue weighted by Gasteiger charge is -2.32. The van der Waals surface area contributed by atoms with Crippen molar-refractivity contribution in [2.75, 3.05) is 11.4 Å². The smallest absolute Gasteiger partial charge is 0.339 e. The van der Waals surface area contributed by atoms with Crippen molar-refractivity contribution < 1.29 is 23.8 Å². The maximum atomic E-state index is 12.8. The van der Waals surface area contributed by atoms with Crippen LogP contribution < -0.4 is 9.64 Å². The quantitative estimate of drug-likeness (QED) is 0.942. The highest BCUT2D eigenvalue weighted by Gasteiger charge is 2.31. The van der Waals surface area contributed by atoms with Gasteiger partial charge in [0.05, 0.1) is 12.2 Å². The molecule has 0 fully saturated rings. The van der Waals surface area contributed by atoms with E-state index < -0.39 is 5.97 Å². The Labute approximate surface area is 133 Å². The summed E-state index contributed by atoms with van der Waals surface area (Å²) in [6, 6.07) is 8.55. The Morgan fingerprint density at radius 2 is 2.09 bits per heavy atom. The average Bonchev–Trinajstić information content (AvgIpc) is 2.98. The number of carbonyl (C=O) groups excluding carboxylic acids is 1. The first-order chi connectivity index (χ1) is 11.0. The lowest BCUT2D eigenvalue weighted by atomic mass is 10.1. The number of furan rings is 1. The Morgan fingerprint density at radius 1 is 1.35 bits per heavy atom. The highest BCUT2D eigenvalue weighted by Crippen LogP contribution is 2.34. The number of amides is 1. The van der Waals surface area contributed by atoms with Crippen LogP contribution in [0.2, 0.25) is 0 Å². The normalized spacial score (nSPS) is 16.6. The van der Waals surface area contributed by atoms with Gasteiger partial charge in [-0.05, 0) is 19.1 Å². The van der Waals surface area contributed by atoms with Crippen LogP contribution in [0.5, 0.6) is 5.75 Å². The molecule has 6 nitrogen and oxygen atoms in total. The van der Waals surface area contributed by atoms with Gasteiger partial charge in [0, 0.05) is 12.5 Å². The van der Waals surface area contributed by atoms with Gasteiger partial charge in [-0.25, -0.2) is 4.79 Å². The van der Waals surface area contributed by atoms with Gasteiger partial charge in [-0.15, -0.1) is 0 Å². The predicted octanol–water partition coefficient (Wildman–Crippen LogP) is 2.97. The lowest BCUT2D eigenvalue weighted by Crippen LogP contribution is -2.42. The van der Waals surface area contributed by atoms with E-state index in [4.69, 9.17) is 9.15 Å². The number of carboxylic acids is 1. The van der Waals surface area contributed by atoms with Crippen molar-refractivity contribution in [1.29, 1.82) is 0 Å². The number of hydrogen-bond donors (Lipinski definition) is 1. The summed E-state index contributed by atoms with van der Waals surface area (Å²) < 4.78 is 11.2. The molecular formula is C17H17NO5. The van der Waals surface area contributed by atoms with Crippen LogP contribution in [0, 0.1) is 0 Å². The Balaban J connectivity index is 1.99. The van der Waals surface area contributed by atoms with Gasteiger partial charge < -0.3 is 14.3 Å². The van der Waals surface area contributed by atoms with Gasteiger partial charge in [0.1, 0.15) is 23.2 Å². The summed E-state index contributed by atoms with van der Waals surface area (Å²) in [6.07, 6.45) is 0.249. The second-order valence-corrected chi connectivity index (χ2v) is 5.42. The van der Waals surface area contributed by atoms with Crippen LogP contribution in [0.15, 0.2) is 34.7 Å². The van der Waals surface area contributed by atoms with E-state index in [2.05, 4.69) is 0 Å². The SMILES string of the molecule is CCc1oc(C(=O)N2CC(C)Oc3ccccc32)cc1C(=O)O. The molecule has 1 aromatic carbocycles. The van der Waals surface area contributed by atoms with Crippen molar-refractivity contribution in [2.45, 2.75) is 26.4 Å². The van der Waals surface area contributed by atoms with E-state index in [0.717, 1.165) is 0 Å². The topological polar surface area (TPSA) is 80.0 Å². The first-order valence-corrected chi connectivity index (χ1v) is 7.44. The highest BCUT2D eigenvalue weighted by atomic mass is 16.5. The number of rotatable bonds is 3. The van der Waals surface area contributed by atoms with Crippen LogP contribution in [0.25, 0.3) is 0 Å². The van der Waals surface area contributed by atoms with Gasteiger partial charge >= 0.3 is 5.97 Å². The minimum atomic E-state index is -1.10. The van der Waals surface area contributed by atoms with E-state index in [0.29, 0.717) is 30.2 Å². The molecule has 1 atom stereocenters. The van der Waals surface area contributed by atoms with Gasteiger partial charge in [0.2, 0.25) is 0 Å². The number of ether oxygens (including phenoxy) is 1. The molecule has 1 unspecified atom stereocenters. The van der Waals surface area contributed by atoms with Crippen LogP contribution in [0.3, 0.4) is 0 Å². The summed E-state index contributed by atoms with van der Waals surface area (Å²) in [5, 5.41) is 9.20. The maximum absolute atomic E-state index is 12.8. The minimum Gasteiger partial charge on any atom is -0.487 e. The van der Waals surface area contributed by atoms with Gasteiger partial charge in [0.15, 0.2) is 5.76 Å². The van der Waals surface area contributed by atoms with E-state index >= 15 is 0 Å². The van der Waals surface area contributed by atoms with E-state index in [-0.39, 0.29) is 23.3 Å². The van der Waals surface area contributed by atoms with E-state index in [1.807, 2.05) is 19.1 Å². The molecule has 1 N–H and O–H groups in total. The summed E-state index contributed by atoms with van der Waals surface area (Å²) in [5.74, 6) is -0.505. The largest absolute Gasteiger partial charge is 0.487 e. The molecule has 0 aliphatic carbocycles. The fourth-order valence-corrected chi connectivity index (χ4v) is 2.69. The van der Waals surface area contributed by atoms with E-state index in [1.54, 1.807) is 24.0 Å². The number of carbonyl (C=O) groups is 2. The van der Waals surface area contributed by atoms with Gasteiger partial charge in [-0.2, -0.15) is 0 Å². The van der Waals surface area contributed by atoms with Gasteiger partial charge in [-0.1, -0.05) is 19.1 Å². The molecule has 1 aromatic heterocycles. The molecule has 0 spiro atoms. The number of nitrogens with zero attached hydrogens (tertiary/aromatic N) is 1. The summed E-state index contributed by atoms with van der Waals surface area (Å²) in [6.45, 7) is 4.03. The number of fused-ring (bicyclic) bond motifs is 1. The first-order valence-electron chi connectivity index (χ1n) is 7.44. The highest BCUT2D eigenvalue weighted by molar-refractivity contribution is 6.06. The number of hydrogen-bond acceptors (Lipinski definition) is 4. The molecule has 0 saturated heterocycles. The molecule has 0 radical (unpaired) electrons. The van der Waals surface area contributed by atoms with Crippen LogP contribution >= 0.6 is 0 Å². The monoisotopic (exact) mass is 315 g/mol. The Bertz CT molecular complexity index is 764. The van der Waals surface area contributed by atoms with E-state index in [9.17, 15) is 14.7 Å². The predicted molar refractivity (Wildman–Crippen MR) is 83.3 cm³/mol. The fraction of sp³-hybridized carbons (Fsp3) is 0.294. The van der Waals surface area contributed by atoms with Gasteiger partial charge in [0.25, 0.3) is 5.91 Å². The third-order valence-corrected chi connectivity index (χ3v) is 3.74. The van der Waals surface area contributed by atoms with E-state index in [1.165, 1.54) is 6.07 Å². The minimum absolute atomic E-state index is 0.0307. The van der Waals surface area contributed by atoms with Gasteiger partial charge in [-0.3, -0.25) is 9.69 Å². The van der Waals surface area contributed by atoms with Crippen molar-refractivity contribution in [3.63, 3.8) is 0 Å². The number of para-hydroxylation sites is 2. The molecule has 2 aromatic rings. The standard InChI is InChI=1S/C17H17NO5/c1-3-13-11(17(20)21)8-15(23-13)16(19)18-9-10(2)22-14-7-5-4-6-12(14)18/h4-8,10H,3,9H2,1-2H3,(H,20,21). The first kappa shape index (κ1) is 15.1. The van der Waals surface area contributed by atoms with Crippen molar-refractivity contribution >= 4 is 17.6 Å². The zero-order valence-corrected chi connectivity index (χ0v) is 12.9. The molecule has 23 heavy (non-hydrogen) atoms. The molecule has 1 aliphatic heterocycles. The second-order valence-electron chi connectivity index (χ2n) is 5.42. The van der Waals surface area contributed by atoms with Crippen LogP contribution in [-0.4, -0.2) is 29.6 Å². The summed E-state index contributed by atoms with van der Waals surface area (Å²) in [7, 11) is 0. The molecular weight excluding hydrogens is 298 g/mol. The Kier molecular flexibility index (Phi) is 3.82. The molecule has 2 heterocycles. The second kappa shape index (κ2) is 5.79. The number of carboxylic acid groups (broad SMARTS) is 1. The summed E-state index contributed by atoms with van der Waals surface area (Å²) in [5.41, 5.74) is 0.687. The Morgan fingerprint density at radius 3 is 2.74 bits per heavy atom. The number of aryl methyl sites for hydroxylation is 1. The fourth-order valence-electron chi connectivity index (χ4n) is 2.69. The van der Waals surface area contributed by atoms with Crippen molar-refractivity contribution in [2.24, 2.45) is 0 Å². The third kappa shape index (κ3) is 2.67. The summed E-state index contributed by atoms with van der Waals surface area (Å²) >= 11 is 0. The number of anilines is 1. The van der Waals surface area contributed by atoms with Crippen LogP contribution in [-0.2, 0) is 6.42 Å². The summed E-state index contributed by atoms with van der Waals surface area (Å²) in [4.78, 5) is 25.6. The third-order valence-electron chi connectivity index (χ3n) is 3.74. The molecule has 6 heteroatoms. The zero-order chi connectivity index (χ0) is 16.6. The number of aromatic carboxylic acids is 1. The lowest BCUT2D eigenvalue weighted by molar-refractivity contribution is 0.0694. The molecule has 3 rings (SSSR count). The zero-order valence-electron chi connectivity index (χ0n) is 12.9. The molecule has 120 valence electrons. The van der Waals surface area contributed by atoms with Crippen molar-refractivity contribution in [1.82, 2.24) is 0 Å². The maximum Gasteiger partial charge on any atom is 0.339 e. The van der Waals surface area contributed by atoms with Crippen LogP contribution in [0.4, 0.5) is 5.69 Å². The van der Waals surface area contributed by atoms with Crippen LogP contribution in [0.1, 0.15) is 40.5 Å². The molecule has 1 aliphatic rings.